The predicted molar refractivity (Wildman–Crippen MR) is 231 cm³/mol. The number of likely N-dealkylation sites (tertiary alicyclic amines) is 2. The Labute approximate surface area is 329 Å². The average Bonchev–Trinajstić information content (AvgIpc) is 3.11. The first kappa shape index (κ1) is 43.2. The third-order valence-electron chi connectivity index (χ3n) is 11.4. The van der Waals surface area contributed by atoms with Crippen LogP contribution in [0.1, 0.15) is 128 Å². The number of anilines is 1. The number of ether oxygens (including phenoxy) is 1. The highest BCUT2D eigenvalue weighted by atomic mass is 35.5. The molecular formula is C47H73ClN4O. The lowest BCUT2D eigenvalue weighted by molar-refractivity contribution is 0.255. The SMILES string of the molecule is CN1CCC(c2ccc(C(C)(C)C)c(Cl)c2)CC1.CN1CCC(c2ccc(C(C)(C)C)cc2)CC1.COc1cc(N2CCNCC2)ccc1C(C)(C)C. The largest absolute Gasteiger partial charge is 0.496 e. The van der Waals surface area contributed by atoms with E-state index in [2.05, 4.69) is 157 Å². The second-order valence-corrected chi connectivity index (χ2v) is 19.3. The van der Waals surface area contributed by atoms with Gasteiger partial charge in [-0.1, -0.05) is 116 Å². The zero-order valence-electron chi connectivity index (χ0n) is 35.5. The van der Waals surface area contributed by atoms with Crippen molar-refractivity contribution in [1.29, 1.82) is 0 Å². The Balaban J connectivity index is 0.000000178. The molecule has 0 saturated carbocycles. The second-order valence-electron chi connectivity index (χ2n) is 18.9. The fourth-order valence-electron chi connectivity index (χ4n) is 7.75. The van der Waals surface area contributed by atoms with E-state index in [0.29, 0.717) is 5.92 Å². The number of nitrogens with zero attached hydrogens (tertiary/aromatic N) is 3. The number of hydrogen-bond donors (Lipinski definition) is 1. The summed E-state index contributed by atoms with van der Waals surface area (Å²) in [4.78, 5) is 7.24. The molecule has 6 heteroatoms. The van der Waals surface area contributed by atoms with Gasteiger partial charge in [-0.15, -0.1) is 0 Å². The zero-order valence-corrected chi connectivity index (χ0v) is 36.3. The van der Waals surface area contributed by atoms with E-state index < -0.39 is 0 Å². The molecular weight excluding hydrogens is 672 g/mol. The first-order valence-electron chi connectivity index (χ1n) is 20.3. The molecule has 3 aromatic rings. The predicted octanol–water partition coefficient (Wildman–Crippen LogP) is 10.6. The fourth-order valence-corrected chi connectivity index (χ4v) is 8.22. The molecule has 0 atom stereocenters. The lowest BCUT2D eigenvalue weighted by atomic mass is 9.84. The Hall–Kier alpha value is -2.57. The Kier molecular flexibility index (Phi) is 15.3. The number of hydrogen-bond acceptors (Lipinski definition) is 5. The van der Waals surface area contributed by atoms with Gasteiger partial charge in [0.25, 0.3) is 0 Å². The van der Waals surface area contributed by atoms with Gasteiger partial charge in [0.1, 0.15) is 5.75 Å². The minimum Gasteiger partial charge on any atom is -0.496 e. The van der Waals surface area contributed by atoms with E-state index in [1.165, 1.54) is 85.4 Å². The molecule has 0 radical (unpaired) electrons. The van der Waals surface area contributed by atoms with Gasteiger partial charge in [-0.05, 0) is 134 Å². The molecule has 3 aromatic carbocycles. The molecule has 3 fully saturated rings. The van der Waals surface area contributed by atoms with Gasteiger partial charge in [0, 0.05) is 43.0 Å². The van der Waals surface area contributed by atoms with Gasteiger partial charge in [0.05, 0.1) is 7.11 Å². The maximum atomic E-state index is 6.45. The van der Waals surface area contributed by atoms with Crippen molar-refractivity contribution in [3.63, 3.8) is 0 Å². The van der Waals surface area contributed by atoms with E-state index in [1.807, 2.05) is 0 Å². The molecule has 0 aliphatic carbocycles. The molecule has 1 N–H and O–H groups in total. The van der Waals surface area contributed by atoms with E-state index in [-0.39, 0.29) is 16.2 Å². The zero-order chi connectivity index (χ0) is 39.0. The molecule has 6 rings (SSSR count). The summed E-state index contributed by atoms with van der Waals surface area (Å²) < 4.78 is 5.56. The summed E-state index contributed by atoms with van der Waals surface area (Å²) >= 11 is 6.45. The third kappa shape index (κ3) is 12.7. The van der Waals surface area contributed by atoms with Crippen LogP contribution in [0.2, 0.25) is 5.02 Å². The Morgan fingerprint density at radius 3 is 1.51 bits per heavy atom. The summed E-state index contributed by atoms with van der Waals surface area (Å²) in [7, 11) is 6.18. The normalized spacial score (nSPS) is 18.5. The monoisotopic (exact) mass is 745 g/mol. The van der Waals surface area contributed by atoms with Crippen LogP contribution < -0.4 is 15.0 Å². The van der Waals surface area contributed by atoms with Gasteiger partial charge in [-0.25, -0.2) is 0 Å². The van der Waals surface area contributed by atoms with E-state index >= 15 is 0 Å². The molecule has 0 amide bonds. The lowest BCUT2D eigenvalue weighted by Gasteiger charge is -2.31. The molecule has 0 unspecified atom stereocenters. The van der Waals surface area contributed by atoms with Crippen LogP contribution in [0.5, 0.6) is 5.75 Å². The minimum absolute atomic E-state index is 0.118. The van der Waals surface area contributed by atoms with Crippen LogP contribution in [0.15, 0.2) is 60.7 Å². The van der Waals surface area contributed by atoms with Gasteiger partial charge in [0.2, 0.25) is 0 Å². The third-order valence-corrected chi connectivity index (χ3v) is 11.7. The molecule has 3 heterocycles. The number of piperidine rings is 2. The summed E-state index contributed by atoms with van der Waals surface area (Å²) in [5.41, 5.74) is 8.69. The number of piperazine rings is 1. The van der Waals surface area contributed by atoms with Crippen LogP contribution in [0.3, 0.4) is 0 Å². The quantitative estimate of drug-likeness (QED) is 0.287. The first-order chi connectivity index (χ1) is 24.9. The van der Waals surface area contributed by atoms with Crippen LogP contribution in [-0.4, -0.2) is 83.4 Å². The Morgan fingerprint density at radius 2 is 1.06 bits per heavy atom. The molecule has 3 aliphatic rings. The van der Waals surface area contributed by atoms with E-state index in [1.54, 1.807) is 7.11 Å². The highest BCUT2D eigenvalue weighted by Crippen LogP contribution is 2.36. The topological polar surface area (TPSA) is 31.0 Å². The standard InChI is InChI=1S/C16H24ClN.C16H25N.C15H24N2O/c1-16(2,3)14-6-5-13(11-15(14)17)12-7-9-18(4)10-8-12;1-16(2,3)15-7-5-13(6-8-15)14-9-11-17(4)12-10-14;1-15(2,3)13-6-5-12(11-14(13)18-4)17-9-7-16-8-10-17/h5-6,11-12H,7-10H2,1-4H3;5-8,14H,9-12H2,1-4H3;5-6,11,16H,7-10H2,1-4H3. The van der Waals surface area contributed by atoms with Crippen molar-refractivity contribution in [3.8, 4) is 5.75 Å². The number of nitrogens with one attached hydrogen (secondary N) is 1. The molecule has 0 spiro atoms. The Morgan fingerprint density at radius 1 is 0.585 bits per heavy atom. The van der Waals surface area contributed by atoms with E-state index in [9.17, 15) is 0 Å². The van der Waals surface area contributed by atoms with Gasteiger partial charge >= 0.3 is 0 Å². The number of rotatable bonds is 4. The summed E-state index contributed by atoms with van der Waals surface area (Å²) in [5.74, 6) is 2.46. The van der Waals surface area contributed by atoms with Gasteiger partial charge in [0.15, 0.2) is 0 Å². The highest BCUT2D eigenvalue weighted by molar-refractivity contribution is 6.31. The highest BCUT2D eigenvalue weighted by Gasteiger charge is 2.23. The minimum atomic E-state index is 0.118. The smallest absolute Gasteiger partial charge is 0.124 e. The van der Waals surface area contributed by atoms with Crippen LogP contribution in [0.25, 0.3) is 0 Å². The summed E-state index contributed by atoms with van der Waals surface area (Å²) in [6.07, 6.45) is 5.13. The van der Waals surface area contributed by atoms with Gasteiger partial charge in [-0.2, -0.15) is 0 Å². The van der Waals surface area contributed by atoms with Crippen molar-refractivity contribution in [2.75, 3.05) is 78.5 Å². The number of halogens is 1. The molecule has 5 nitrogen and oxygen atoms in total. The van der Waals surface area contributed by atoms with Crippen molar-refractivity contribution in [2.24, 2.45) is 0 Å². The lowest BCUT2D eigenvalue weighted by Crippen LogP contribution is -2.43. The summed E-state index contributed by atoms with van der Waals surface area (Å²) in [6, 6.07) is 22.6. The van der Waals surface area contributed by atoms with Crippen LogP contribution >= 0.6 is 11.6 Å². The van der Waals surface area contributed by atoms with Crippen molar-refractivity contribution < 1.29 is 4.74 Å². The van der Waals surface area contributed by atoms with E-state index in [0.717, 1.165) is 42.9 Å². The first-order valence-corrected chi connectivity index (χ1v) is 20.7. The average molecular weight is 746 g/mol. The van der Waals surface area contributed by atoms with Gasteiger partial charge in [-0.3, -0.25) is 0 Å². The number of methoxy groups -OCH3 is 1. The van der Waals surface area contributed by atoms with Crippen molar-refractivity contribution in [2.45, 2.75) is 116 Å². The van der Waals surface area contributed by atoms with Crippen LogP contribution in [0, 0.1) is 0 Å². The van der Waals surface area contributed by atoms with Crippen molar-refractivity contribution in [3.05, 3.63) is 93.5 Å². The van der Waals surface area contributed by atoms with Crippen molar-refractivity contribution >= 4 is 17.3 Å². The summed E-state index contributed by atoms with van der Waals surface area (Å²) in [5, 5.41) is 4.31. The van der Waals surface area contributed by atoms with Crippen molar-refractivity contribution in [1.82, 2.24) is 15.1 Å². The molecule has 0 bridgehead atoms. The Bertz CT molecular complexity index is 1540. The fraction of sp³-hybridized carbons (Fsp3) is 0.617. The molecule has 3 aliphatic heterocycles. The molecule has 53 heavy (non-hydrogen) atoms. The van der Waals surface area contributed by atoms with Crippen LogP contribution in [0.4, 0.5) is 5.69 Å². The molecule has 294 valence electrons. The van der Waals surface area contributed by atoms with Gasteiger partial charge < -0.3 is 24.8 Å². The maximum Gasteiger partial charge on any atom is 0.124 e. The summed E-state index contributed by atoms with van der Waals surface area (Å²) in [6.45, 7) is 29.2. The van der Waals surface area contributed by atoms with E-state index in [4.69, 9.17) is 16.3 Å². The number of benzene rings is 3. The molecule has 3 saturated heterocycles. The second kappa shape index (κ2) is 18.8. The molecule has 0 aromatic heterocycles. The van der Waals surface area contributed by atoms with Crippen LogP contribution in [-0.2, 0) is 16.2 Å². The maximum absolute atomic E-state index is 6.45.